The molecule has 3 heteroatoms. The molecule has 0 aliphatic rings. The molecule has 0 fully saturated rings. The molecule has 1 aromatic rings. The zero-order valence-electron chi connectivity index (χ0n) is 11.4. The van der Waals surface area contributed by atoms with Gasteiger partial charge in [0.15, 0.2) is 0 Å². The Hall–Kier alpha value is -0.960. The molecule has 0 unspecified atom stereocenters. The third-order valence-electron chi connectivity index (χ3n) is 2.89. The average molecular weight is 265 g/mol. The van der Waals surface area contributed by atoms with Gasteiger partial charge in [0.05, 0.1) is 0 Å². The van der Waals surface area contributed by atoms with Crippen LogP contribution in [0.1, 0.15) is 32.3 Å². The molecule has 0 radical (unpaired) electrons. The smallest absolute Gasteiger partial charge is 0.281 e. The van der Waals surface area contributed by atoms with Gasteiger partial charge in [-0.3, -0.25) is 4.79 Å². The van der Waals surface area contributed by atoms with Crippen LogP contribution in [0.2, 0.25) is 0 Å². The van der Waals surface area contributed by atoms with E-state index in [-0.39, 0.29) is 5.24 Å². The van der Waals surface area contributed by atoms with Gasteiger partial charge < -0.3 is 4.90 Å². The summed E-state index contributed by atoms with van der Waals surface area (Å²) in [7, 11) is 0. The van der Waals surface area contributed by atoms with Gasteiger partial charge in [0, 0.05) is 13.1 Å². The van der Waals surface area contributed by atoms with Crippen LogP contribution in [-0.4, -0.2) is 29.0 Å². The summed E-state index contributed by atoms with van der Waals surface area (Å²) in [5, 5.41) is 0.222. The molecule has 1 aromatic carbocycles. The Morgan fingerprint density at radius 3 is 2.50 bits per heavy atom. The normalized spacial score (nSPS) is 10.3. The summed E-state index contributed by atoms with van der Waals surface area (Å²) in [4.78, 5) is 13.7. The Bertz CT molecular complexity index is 340. The van der Waals surface area contributed by atoms with Crippen molar-refractivity contribution in [1.29, 1.82) is 0 Å². The van der Waals surface area contributed by atoms with E-state index in [4.69, 9.17) is 0 Å². The van der Waals surface area contributed by atoms with E-state index in [1.807, 2.05) is 24.8 Å². The summed E-state index contributed by atoms with van der Waals surface area (Å²) in [5.74, 6) is 0.860. The first kappa shape index (κ1) is 15.1. The minimum atomic E-state index is 0.222. The molecule has 1 amide bonds. The third kappa shape index (κ3) is 5.58. The van der Waals surface area contributed by atoms with Crippen LogP contribution in [0, 0.1) is 0 Å². The molecule has 0 spiro atoms. The molecule has 0 bridgehead atoms. The number of carbonyl (C=O) groups is 1. The summed E-state index contributed by atoms with van der Waals surface area (Å²) in [6.07, 6.45) is 3.33. The number of nitrogens with zero attached hydrogens (tertiary/aromatic N) is 1. The fraction of sp³-hybridized carbons (Fsp3) is 0.533. The molecule has 2 nitrogen and oxygen atoms in total. The van der Waals surface area contributed by atoms with E-state index >= 15 is 0 Å². The van der Waals surface area contributed by atoms with Crippen LogP contribution in [0.5, 0.6) is 0 Å². The number of thioether (sulfide) groups is 1. The summed E-state index contributed by atoms with van der Waals surface area (Å²) in [6.45, 7) is 5.77. The lowest BCUT2D eigenvalue weighted by Crippen LogP contribution is -2.28. The van der Waals surface area contributed by atoms with Crippen LogP contribution >= 0.6 is 11.8 Å². The SMILES string of the molecule is CCSC(=O)N(CC)CCCCc1ccccc1. The van der Waals surface area contributed by atoms with Crippen molar-refractivity contribution >= 4 is 17.0 Å². The van der Waals surface area contributed by atoms with Crippen LogP contribution in [-0.2, 0) is 6.42 Å². The van der Waals surface area contributed by atoms with Gasteiger partial charge in [-0.1, -0.05) is 49.0 Å². The lowest BCUT2D eigenvalue weighted by atomic mass is 10.1. The molecular weight excluding hydrogens is 242 g/mol. The van der Waals surface area contributed by atoms with Crippen LogP contribution in [0.3, 0.4) is 0 Å². The quantitative estimate of drug-likeness (QED) is 0.688. The second kappa shape index (κ2) is 9.03. The van der Waals surface area contributed by atoms with Crippen molar-refractivity contribution in [3.8, 4) is 0 Å². The third-order valence-corrected chi connectivity index (χ3v) is 3.69. The van der Waals surface area contributed by atoms with Gasteiger partial charge in [-0.2, -0.15) is 0 Å². The molecule has 100 valence electrons. The number of hydrogen-bond donors (Lipinski definition) is 0. The molecule has 18 heavy (non-hydrogen) atoms. The number of rotatable bonds is 7. The maximum atomic E-state index is 11.7. The zero-order chi connectivity index (χ0) is 13.2. The highest BCUT2D eigenvalue weighted by molar-refractivity contribution is 8.13. The molecule has 0 aromatic heterocycles. The second-order valence-corrected chi connectivity index (χ2v) is 5.44. The van der Waals surface area contributed by atoms with Gasteiger partial charge in [-0.05, 0) is 37.5 Å². The van der Waals surface area contributed by atoms with Gasteiger partial charge in [-0.15, -0.1) is 0 Å². The first-order valence-corrected chi connectivity index (χ1v) is 7.72. The Labute approximate surface area is 115 Å². The van der Waals surface area contributed by atoms with Crippen LogP contribution in [0.25, 0.3) is 0 Å². The maximum absolute atomic E-state index is 11.7. The summed E-state index contributed by atoms with van der Waals surface area (Å²) in [5.41, 5.74) is 1.38. The topological polar surface area (TPSA) is 20.3 Å². The molecule has 1 rings (SSSR count). The average Bonchev–Trinajstić information content (AvgIpc) is 2.40. The Kier molecular flexibility index (Phi) is 7.58. The number of amides is 1. The van der Waals surface area contributed by atoms with Crippen molar-refractivity contribution < 1.29 is 4.79 Å². The number of benzene rings is 1. The highest BCUT2D eigenvalue weighted by Gasteiger charge is 2.10. The van der Waals surface area contributed by atoms with Gasteiger partial charge in [0.25, 0.3) is 5.24 Å². The van der Waals surface area contributed by atoms with Crippen LogP contribution in [0.4, 0.5) is 4.79 Å². The largest absolute Gasteiger partial charge is 0.334 e. The van der Waals surface area contributed by atoms with E-state index < -0.39 is 0 Å². The van der Waals surface area contributed by atoms with E-state index in [1.54, 1.807) is 0 Å². The predicted molar refractivity (Wildman–Crippen MR) is 80.2 cm³/mol. The second-order valence-electron chi connectivity index (χ2n) is 4.22. The van der Waals surface area contributed by atoms with E-state index in [0.717, 1.165) is 38.1 Å². The van der Waals surface area contributed by atoms with Crippen molar-refractivity contribution in [2.45, 2.75) is 33.1 Å². The zero-order valence-corrected chi connectivity index (χ0v) is 12.2. The highest BCUT2D eigenvalue weighted by Crippen LogP contribution is 2.10. The van der Waals surface area contributed by atoms with Gasteiger partial charge in [0.2, 0.25) is 0 Å². The molecular formula is C15H23NOS. The van der Waals surface area contributed by atoms with E-state index in [1.165, 1.54) is 17.3 Å². The standard InChI is InChI=1S/C15H23NOS/c1-3-16(15(17)18-4-2)13-9-8-12-14-10-6-5-7-11-14/h5-7,10-11H,3-4,8-9,12-13H2,1-2H3. The van der Waals surface area contributed by atoms with Crippen LogP contribution < -0.4 is 0 Å². The molecule has 0 aliphatic carbocycles. The fourth-order valence-electron chi connectivity index (χ4n) is 1.87. The minimum absolute atomic E-state index is 0.222. The highest BCUT2D eigenvalue weighted by atomic mass is 32.2. The number of aryl methyl sites for hydroxylation is 1. The fourth-order valence-corrected chi connectivity index (χ4v) is 2.52. The Morgan fingerprint density at radius 2 is 1.89 bits per heavy atom. The molecule has 0 aliphatic heterocycles. The lowest BCUT2D eigenvalue weighted by molar-refractivity contribution is 0.225. The van der Waals surface area contributed by atoms with Gasteiger partial charge in [-0.25, -0.2) is 0 Å². The minimum Gasteiger partial charge on any atom is -0.334 e. The molecule has 0 atom stereocenters. The number of unbranched alkanes of at least 4 members (excludes halogenated alkanes) is 1. The monoisotopic (exact) mass is 265 g/mol. The molecule has 0 saturated heterocycles. The van der Waals surface area contributed by atoms with Crippen molar-refractivity contribution in [3.63, 3.8) is 0 Å². The van der Waals surface area contributed by atoms with Crippen molar-refractivity contribution in [2.24, 2.45) is 0 Å². The molecule has 0 saturated carbocycles. The Morgan fingerprint density at radius 1 is 1.17 bits per heavy atom. The van der Waals surface area contributed by atoms with Crippen LogP contribution in [0.15, 0.2) is 30.3 Å². The number of hydrogen-bond acceptors (Lipinski definition) is 2. The van der Waals surface area contributed by atoms with Gasteiger partial charge >= 0.3 is 0 Å². The lowest BCUT2D eigenvalue weighted by Gasteiger charge is -2.19. The van der Waals surface area contributed by atoms with E-state index in [2.05, 4.69) is 24.3 Å². The Balaban J connectivity index is 2.21. The van der Waals surface area contributed by atoms with Crippen molar-refractivity contribution in [1.82, 2.24) is 4.90 Å². The maximum Gasteiger partial charge on any atom is 0.281 e. The van der Waals surface area contributed by atoms with E-state index in [9.17, 15) is 4.79 Å². The predicted octanol–water partition coefficient (Wildman–Crippen LogP) is 4.20. The van der Waals surface area contributed by atoms with Crippen molar-refractivity contribution in [3.05, 3.63) is 35.9 Å². The number of carbonyl (C=O) groups excluding carboxylic acids is 1. The molecule has 0 N–H and O–H groups in total. The van der Waals surface area contributed by atoms with Gasteiger partial charge in [0.1, 0.15) is 0 Å². The summed E-state index contributed by atoms with van der Waals surface area (Å²) >= 11 is 1.41. The first-order valence-electron chi connectivity index (χ1n) is 6.73. The summed E-state index contributed by atoms with van der Waals surface area (Å²) < 4.78 is 0. The first-order chi connectivity index (χ1) is 8.77. The summed E-state index contributed by atoms with van der Waals surface area (Å²) in [6, 6.07) is 10.5. The van der Waals surface area contributed by atoms with E-state index in [0.29, 0.717) is 0 Å². The van der Waals surface area contributed by atoms with Crippen molar-refractivity contribution in [2.75, 3.05) is 18.8 Å². The molecule has 0 heterocycles.